The van der Waals surface area contributed by atoms with E-state index in [9.17, 15) is 0 Å². The fourth-order valence-electron chi connectivity index (χ4n) is 1.98. The molecule has 3 rings (SSSR count). The molecule has 18 heavy (non-hydrogen) atoms. The maximum atomic E-state index is 5.70. The lowest BCUT2D eigenvalue weighted by molar-refractivity contribution is 0.760. The molecule has 0 spiro atoms. The maximum Gasteiger partial charge on any atom is 0.257 e. The van der Waals surface area contributed by atoms with Crippen LogP contribution in [0.4, 0.5) is 5.95 Å². The summed E-state index contributed by atoms with van der Waals surface area (Å²) in [6, 6.07) is 0. The number of anilines is 1. The molecular formula is C10H13N7S. The molecule has 1 saturated carbocycles. The highest BCUT2D eigenvalue weighted by atomic mass is 32.2. The molecule has 0 saturated heterocycles. The third-order valence-electron chi connectivity index (χ3n) is 2.82. The summed E-state index contributed by atoms with van der Waals surface area (Å²) in [5, 5.41) is 5.25. The first-order chi connectivity index (χ1) is 8.81. The van der Waals surface area contributed by atoms with Crippen LogP contribution in [-0.2, 0) is 0 Å². The average molecular weight is 263 g/mol. The molecular weight excluding hydrogens is 250 g/mol. The molecule has 1 fully saturated rings. The number of hydrogen-bond acceptors (Lipinski definition) is 7. The molecule has 2 aromatic rings. The van der Waals surface area contributed by atoms with Gasteiger partial charge in [-0.2, -0.15) is 24.7 Å². The monoisotopic (exact) mass is 263 g/mol. The predicted octanol–water partition coefficient (Wildman–Crippen LogP) is 1.07. The van der Waals surface area contributed by atoms with E-state index in [0.29, 0.717) is 16.4 Å². The first kappa shape index (κ1) is 11.4. The molecule has 2 heterocycles. The molecule has 0 bridgehead atoms. The number of nitrogen functional groups attached to an aromatic ring is 1. The second-order valence-corrected chi connectivity index (χ2v) is 5.41. The zero-order valence-electron chi connectivity index (χ0n) is 9.73. The normalized spacial score (nSPS) is 16.2. The highest BCUT2D eigenvalue weighted by Crippen LogP contribution is 2.33. The number of rotatable bonds is 3. The molecule has 94 valence electrons. The lowest BCUT2D eigenvalue weighted by Crippen LogP contribution is -2.08. The fourth-order valence-corrected chi connectivity index (χ4v) is 3.13. The molecule has 0 radical (unpaired) electrons. The number of thioether (sulfide) groups is 1. The first-order valence-electron chi connectivity index (χ1n) is 5.84. The predicted molar refractivity (Wildman–Crippen MR) is 67.3 cm³/mol. The summed E-state index contributed by atoms with van der Waals surface area (Å²) in [4.78, 5) is 16.4. The molecule has 8 heteroatoms. The average Bonchev–Trinajstić information content (AvgIpc) is 3.00. The zero-order chi connectivity index (χ0) is 12.4. The second kappa shape index (κ2) is 4.89. The van der Waals surface area contributed by atoms with Crippen LogP contribution >= 0.6 is 11.8 Å². The van der Waals surface area contributed by atoms with Crippen LogP contribution in [0.15, 0.2) is 17.8 Å². The van der Waals surface area contributed by atoms with Crippen LogP contribution in [0.25, 0.3) is 5.95 Å². The molecule has 0 aliphatic heterocycles. The molecule has 0 unspecified atom stereocenters. The zero-order valence-corrected chi connectivity index (χ0v) is 10.5. The molecule has 1 aliphatic carbocycles. The Morgan fingerprint density at radius 3 is 2.78 bits per heavy atom. The Bertz CT molecular complexity index is 521. The van der Waals surface area contributed by atoms with Crippen LogP contribution in [0.1, 0.15) is 25.7 Å². The highest BCUT2D eigenvalue weighted by molar-refractivity contribution is 7.99. The van der Waals surface area contributed by atoms with Crippen molar-refractivity contribution >= 4 is 17.7 Å². The van der Waals surface area contributed by atoms with Crippen molar-refractivity contribution in [3.05, 3.63) is 12.7 Å². The Morgan fingerprint density at radius 2 is 2.06 bits per heavy atom. The van der Waals surface area contributed by atoms with Crippen LogP contribution in [-0.4, -0.2) is 35.0 Å². The van der Waals surface area contributed by atoms with Crippen molar-refractivity contribution in [3.63, 3.8) is 0 Å². The van der Waals surface area contributed by atoms with Gasteiger partial charge in [-0.1, -0.05) is 24.6 Å². The van der Waals surface area contributed by atoms with E-state index in [1.165, 1.54) is 36.7 Å². The summed E-state index contributed by atoms with van der Waals surface area (Å²) in [5.74, 6) is 0.636. The van der Waals surface area contributed by atoms with E-state index >= 15 is 0 Å². The van der Waals surface area contributed by atoms with Crippen LogP contribution in [0, 0.1) is 0 Å². The summed E-state index contributed by atoms with van der Waals surface area (Å²) in [6.07, 6.45) is 7.98. The SMILES string of the molecule is Nc1nc(SC2CCCC2)nc(-n2cncn2)n1. The summed E-state index contributed by atoms with van der Waals surface area (Å²) in [7, 11) is 0. The van der Waals surface area contributed by atoms with Gasteiger partial charge in [-0.15, -0.1) is 0 Å². The van der Waals surface area contributed by atoms with Crippen LogP contribution in [0.2, 0.25) is 0 Å². The largest absolute Gasteiger partial charge is 0.368 e. The third-order valence-corrected chi connectivity index (χ3v) is 4.02. The topological polar surface area (TPSA) is 95.4 Å². The van der Waals surface area contributed by atoms with Crippen molar-refractivity contribution in [1.82, 2.24) is 29.7 Å². The molecule has 0 atom stereocenters. The summed E-state index contributed by atoms with van der Waals surface area (Å²) < 4.78 is 1.48. The Hall–Kier alpha value is -1.70. The quantitative estimate of drug-likeness (QED) is 0.884. The van der Waals surface area contributed by atoms with Gasteiger partial charge in [-0.05, 0) is 12.8 Å². The molecule has 7 nitrogen and oxygen atoms in total. The molecule has 0 amide bonds. The van der Waals surface area contributed by atoms with Crippen molar-refractivity contribution in [3.8, 4) is 5.95 Å². The standard InChI is InChI=1S/C10H13N7S/c11-8-14-9(17-6-12-5-13-17)16-10(15-8)18-7-3-1-2-4-7/h5-7H,1-4H2,(H2,11,14,15,16). The van der Waals surface area contributed by atoms with E-state index < -0.39 is 0 Å². The fraction of sp³-hybridized carbons (Fsp3) is 0.500. The Kier molecular flexibility index (Phi) is 3.09. The number of nitrogens with two attached hydrogens (primary N) is 1. The molecule has 1 aliphatic rings. The van der Waals surface area contributed by atoms with E-state index in [4.69, 9.17) is 5.73 Å². The highest BCUT2D eigenvalue weighted by Gasteiger charge is 2.18. The summed E-state index contributed by atoms with van der Waals surface area (Å²) in [6.45, 7) is 0. The number of nitrogens with zero attached hydrogens (tertiary/aromatic N) is 6. The van der Waals surface area contributed by atoms with Crippen LogP contribution in [0.3, 0.4) is 0 Å². The smallest absolute Gasteiger partial charge is 0.257 e. The van der Waals surface area contributed by atoms with Gasteiger partial charge in [0.25, 0.3) is 5.95 Å². The van der Waals surface area contributed by atoms with Crippen molar-refractivity contribution in [2.45, 2.75) is 36.1 Å². The number of aromatic nitrogens is 6. The Labute approximate surface area is 108 Å². The van der Waals surface area contributed by atoms with E-state index in [2.05, 4.69) is 25.0 Å². The van der Waals surface area contributed by atoms with Gasteiger partial charge in [-0.3, -0.25) is 0 Å². The van der Waals surface area contributed by atoms with Gasteiger partial charge in [0.15, 0.2) is 5.16 Å². The van der Waals surface area contributed by atoms with Crippen molar-refractivity contribution in [1.29, 1.82) is 0 Å². The minimum absolute atomic E-state index is 0.219. The van der Waals surface area contributed by atoms with Gasteiger partial charge >= 0.3 is 0 Å². The molecule has 2 aromatic heterocycles. The maximum absolute atomic E-state index is 5.70. The minimum atomic E-state index is 0.219. The lowest BCUT2D eigenvalue weighted by Gasteiger charge is -2.08. The summed E-state index contributed by atoms with van der Waals surface area (Å²) >= 11 is 1.67. The summed E-state index contributed by atoms with van der Waals surface area (Å²) in [5.41, 5.74) is 5.70. The van der Waals surface area contributed by atoms with E-state index in [1.54, 1.807) is 18.1 Å². The van der Waals surface area contributed by atoms with Crippen molar-refractivity contribution in [2.75, 3.05) is 5.73 Å². The lowest BCUT2D eigenvalue weighted by atomic mass is 10.4. The van der Waals surface area contributed by atoms with Gasteiger partial charge in [0.2, 0.25) is 5.95 Å². The number of hydrogen-bond donors (Lipinski definition) is 1. The van der Waals surface area contributed by atoms with Crippen LogP contribution in [0.5, 0.6) is 0 Å². The molecule has 2 N–H and O–H groups in total. The van der Waals surface area contributed by atoms with E-state index in [0.717, 1.165) is 0 Å². The first-order valence-corrected chi connectivity index (χ1v) is 6.72. The van der Waals surface area contributed by atoms with Gasteiger partial charge in [0, 0.05) is 5.25 Å². The van der Waals surface area contributed by atoms with Gasteiger partial charge in [0.1, 0.15) is 12.7 Å². The van der Waals surface area contributed by atoms with E-state index in [-0.39, 0.29) is 5.95 Å². The van der Waals surface area contributed by atoms with Crippen molar-refractivity contribution < 1.29 is 0 Å². The van der Waals surface area contributed by atoms with Crippen molar-refractivity contribution in [2.24, 2.45) is 0 Å². The minimum Gasteiger partial charge on any atom is -0.368 e. The Morgan fingerprint density at radius 1 is 1.22 bits per heavy atom. The van der Waals surface area contributed by atoms with Gasteiger partial charge < -0.3 is 5.73 Å². The van der Waals surface area contributed by atoms with Gasteiger partial charge in [-0.25, -0.2) is 4.98 Å². The van der Waals surface area contributed by atoms with Crippen LogP contribution < -0.4 is 5.73 Å². The third kappa shape index (κ3) is 2.42. The second-order valence-electron chi connectivity index (χ2n) is 4.14. The molecule has 0 aromatic carbocycles. The van der Waals surface area contributed by atoms with Gasteiger partial charge in [0.05, 0.1) is 0 Å². The van der Waals surface area contributed by atoms with E-state index in [1.807, 2.05) is 0 Å². The Balaban J connectivity index is 1.86.